The van der Waals surface area contributed by atoms with Crippen LogP contribution in [0.25, 0.3) is 10.9 Å². The average Bonchev–Trinajstić information content (AvgIpc) is 2.91. The number of fused-ring (bicyclic) bond motifs is 1. The van der Waals surface area contributed by atoms with E-state index in [-0.39, 0.29) is 27.7 Å². The number of nitrogens with one attached hydrogen (secondary N) is 1. The molecule has 2 aromatic carbocycles. The van der Waals surface area contributed by atoms with Gasteiger partial charge in [-0.3, -0.25) is 9.59 Å². The molecule has 3 rings (SSSR count). The van der Waals surface area contributed by atoms with Crippen LogP contribution >= 0.6 is 11.6 Å². The Balaban J connectivity index is 2.17. The summed E-state index contributed by atoms with van der Waals surface area (Å²) in [6, 6.07) is 8.80. The number of benzene rings is 2. The lowest BCUT2D eigenvalue weighted by Gasteiger charge is -2.06. The summed E-state index contributed by atoms with van der Waals surface area (Å²) in [6.45, 7) is 0. The lowest BCUT2D eigenvalue weighted by Crippen LogP contribution is -2.08. The zero-order chi connectivity index (χ0) is 19.1. The van der Waals surface area contributed by atoms with E-state index in [4.69, 9.17) is 16.7 Å². The number of carboxylic acid groups (broad SMARTS) is 1. The summed E-state index contributed by atoms with van der Waals surface area (Å²) in [7, 11) is 0. The summed E-state index contributed by atoms with van der Waals surface area (Å²) in [5.74, 6) is -1.72. The van der Waals surface area contributed by atoms with Gasteiger partial charge in [0, 0.05) is 27.1 Å². The number of aliphatic carboxylic acids is 1. The van der Waals surface area contributed by atoms with Crippen molar-refractivity contribution >= 4 is 34.3 Å². The van der Waals surface area contributed by atoms with Gasteiger partial charge in [0.1, 0.15) is 0 Å². The monoisotopic (exact) mass is 381 g/mol. The van der Waals surface area contributed by atoms with Crippen molar-refractivity contribution < 1.29 is 27.9 Å². The number of aromatic amines is 1. The fourth-order valence-corrected chi connectivity index (χ4v) is 2.83. The Morgan fingerprint density at radius 3 is 2.31 bits per heavy atom. The SMILES string of the molecule is O=C(O)Cc1c(C(=O)c2ccc(Cl)cc2)[nH]c2cc(C(F)(F)F)ccc12. The second-order valence-corrected chi connectivity index (χ2v) is 6.08. The van der Waals surface area contributed by atoms with Crippen LogP contribution in [0.1, 0.15) is 27.2 Å². The zero-order valence-electron chi connectivity index (χ0n) is 13.0. The van der Waals surface area contributed by atoms with E-state index in [1.807, 2.05) is 0 Å². The minimum atomic E-state index is -4.55. The normalized spacial score (nSPS) is 11.7. The van der Waals surface area contributed by atoms with Crippen molar-refractivity contribution in [2.24, 2.45) is 0 Å². The van der Waals surface area contributed by atoms with E-state index in [1.165, 1.54) is 30.3 Å². The fraction of sp³-hybridized carbons (Fsp3) is 0.111. The molecule has 26 heavy (non-hydrogen) atoms. The molecular formula is C18H11ClF3NO3. The molecule has 0 saturated heterocycles. The van der Waals surface area contributed by atoms with Crippen molar-refractivity contribution in [2.45, 2.75) is 12.6 Å². The largest absolute Gasteiger partial charge is 0.481 e. The summed E-state index contributed by atoms with van der Waals surface area (Å²) in [5.41, 5.74) is -0.513. The van der Waals surface area contributed by atoms with Crippen LogP contribution in [-0.4, -0.2) is 21.8 Å². The molecule has 0 fully saturated rings. The van der Waals surface area contributed by atoms with Crippen LogP contribution in [0.4, 0.5) is 13.2 Å². The van der Waals surface area contributed by atoms with Gasteiger partial charge < -0.3 is 10.1 Å². The highest BCUT2D eigenvalue weighted by Gasteiger charge is 2.31. The van der Waals surface area contributed by atoms with Gasteiger partial charge in [-0.1, -0.05) is 17.7 Å². The van der Waals surface area contributed by atoms with E-state index in [0.717, 1.165) is 12.1 Å². The standard InChI is InChI=1S/C18H11ClF3NO3/c19-11-4-1-9(2-5-11)17(26)16-13(8-15(24)25)12-6-3-10(18(20,21)22)7-14(12)23-16/h1-7,23H,8H2,(H,24,25). The van der Waals surface area contributed by atoms with E-state index in [1.54, 1.807) is 0 Å². The Hall–Kier alpha value is -2.80. The molecular weight excluding hydrogens is 371 g/mol. The number of carbonyl (C=O) groups excluding carboxylic acids is 1. The van der Waals surface area contributed by atoms with Crippen LogP contribution in [-0.2, 0) is 17.4 Å². The van der Waals surface area contributed by atoms with Gasteiger partial charge in [-0.15, -0.1) is 0 Å². The van der Waals surface area contributed by atoms with E-state index in [0.29, 0.717) is 5.02 Å². The first-order chi connectivity index (χ1) is 12.2. The molecule has 1 aromatic heterocycles. The van der Waals surface area contributed by atoms with Crippen LogP contribution in [0.2, 0.25) is 5.02 Å². The van der Waals surface area contributed by atoms with Gasteiger partial charge in [-0.2, -0.15) is 13.2 Å². The number of rotatable bonds is 4. The first-order valence-electron chi connectivity index (χ1n) is 7.40. The van der Waals surface area contributed by atoms with Crippen LogP contribution in [0, 0.1) is 0 Å². The fourth-order valence-electron chi connectivity index (χ4n) is 2.71. The molecule has 0 unspecified atom stereocenters. The zero-order valence-corrected chi connectivity index (χ0v) is 13.8. The minimum Gasteiger partial charge on any atom is -0.481 e. The van der Waals surface area contributed by atoms with Crippen molar-refractivity contribution in [1.29, 1.82) is 0 Å². The molecule has 134 valence electrons. The molecule has 4 nitrogen and oxygen atoms in total. The maximum absolute atomic E-state index is 12.9. The molecule has 0 aliphatic rings. The van der Waals surface area contributed by atoms with E-state index in [9.17, 15) is 22.8 Å². The summed E-state index contributed by atoms with van der Waals surface area (Å²) < 4.78 is 38.7. The Morgan fingerprint density at radius 2 is 1.73 bits per heavy atom. The molecule has 2 N–H and O–H groups in total. The van der Waals surface area contributed by atoms with E-state index < -0.39 is 29.9 Å². The number of aromatic nitrogens is 1. The highest BCUT2D eigenvalue weighted by Crippen LogP contribution is 2.33. The highest BCUT2D eigenvalue weighted by molar-refractivity contribution is 6.30. The molecule has 8 heteroatoms. The lowest BCUT2D eigenvalue weighted by molar-refractivity contribution is -0.138. The van der Waals surface area contributed by atoms with Crippen molar-refractivity contribution in [3.05, 3.63) is 69.9 Å². The smallest absolute Gasteiger partial charge is 0.416 e. The first kappa shape index (κ1) is 18.0. The Kier molecular flexibility index (Phi) is 4.50. The number of halogens is 4. The Morgan fingerprint density at radius 1 is 1.08 bits per heavy atom. The third-order valence-corrected chi connectivity index (χ3v) is 4.15. The van der Waals surface area contributed by atoms with Crippen molar-refractivity contribution in [3.8, 4) is 0 Å². The van der Waals surface area contributed by atoms with E-state index in [2.05, 4.69) is 4.98 Å². The third-order valence-electron chi connectivity index (χ3n) is 3.89. The minimum absolute atomic E-state index is 0.0494. The summed E-state index contributed by atoms with van der Waals surface area (Å²) >= 11 is 5.78. The number of alkyl halides is 3. The second kappa shape index (κ2) is 6.49. The van der Waals surface area contributed by atoms with Crippen molar-refractivity contribution in [1.82, 2.24) is 4.98 Å². The van der Waals surface area contributed by atoms with Gasteiger partial charge in [0.15, 0.2) is 0 Å². The molecule has 0 radical (unpaired) electrons. The second-order valence-electron chi connectivity index (χ2n) is 5.64. The maximum Gasteiger partial charge on any atom is 0.416 e. The molecule has 0 aliphatic heterocycles. The van der Waals surface area contributed by atoms with Gasteiger partial charge in [0.2, 0.25) is 5.78 Å². The van der Waals surface area contributed by atoms with Gasteiger partial charge in [0.25, 0.3) is 0 Å². The summed E-state index contributed by atoms with van der Waals surface area (Å²) in [6.07, 6.45) is -5.05. The maximum atomic E-state index is 12.9. The highest BCUT2D eigenvalue weighted by atomic mass is 35.5. The molecule has 0 aliphatic carbocycles. The Labute approximate surface area is 150 Å². The van der Waals surface area contributed by atoms with Gasteiger partial charge in [-0.25, -0.2) is 0 Å². The number of hydrogen-bond acceptors (Lipinski definition) is 2. The predicted octanol–water partition coefficient (Wildman–Crippen LogP) is 4.70. The number of ketones is 1. The number of carbonyl (C=O) groups is 2. The number of carboxylic acids is 1. The molecule has 0 bridgehead atoms. The van der Waals surface area contributed by atoms with Crippen LogP contribution in [0.15, 0.2) is 42.5 Å². The molecule has 3 aromatic rings. The average molecular weight is 382 g/mol. The van der Waals surface area contributed by atoms with Crippen LogP contribution in [0.3, 0.4) is 0 Å². The first-order valence-corrected chi connectivity index (χ1v) is 7.78. The third kappa shape index (κ3) is 3.43. The molecule has 0 spiro atoms. The quantitative estimate of drug-likeness (QED) is 0.644. The van der Waals surface area contributed by atoms with Crippen molar-refractivity contribution in [2.75, 3.05) is 0 Å². The topological polar surface area (TPSA) is 70.2 Å². The molecule has 0 saturated carbocycles. The number of H-pyrrole nitrogens is 1. The van der Waals surface area contributed by atoms with Gasteiger partial charge in [0.05, 0.1) is 17.7 Å². The van der Waals surface area contributed by atoms with Gasteiger partial charge >= 0.3 is 12.1 Å². The van der Waals surface area contributed by atoms with E-state index >= 15 is 0 Å². The summed E-state index contributed by atoms with van der Waals surface area (Å²) in [4.78, 5) is 26.5. The van der Waals surface area contributed by atoms with Gasteiger partial charge in [-0.05, 0) is 36.4 Å². The van der Waals surface area contributed by atoms with Crippen molar-refractivity contribution in [3.63, 3.8) is 0 Å². The lowest BCUT2D eigenvalue weighted by atomic mass is 10.0. The van der Waals surface area contributed by atoms with Crippen LogP contribution in [0.5, 0.6) is 0 Å². The number of hydrogen-bond donors (Lipinski definition) is 2. The molecule has 0 amide bonds. The summed E-state index contributed by atoms with van der Waals surface area (Å²) in [5, 5.41) is 9.80. The molecule has 1 heterocycles. The Bertz CT molecular complexity index is 1010. The molecule has 0 atom stereocenters. The van der Waals surface area contributed by atoms with Crippen LogP contribution < -0.4 is 0 Å². The predicted molar refractivity (Wildman–Crippen MR) is 89.5 cm³/mol.